The number of thiocarbonyl (C=S) groups is 1. The lowest BCUT2D eigenvalue weighted by Gasteiger charge is -2.11. The lowest BCUT2D eigenvalue weighted by atomic mass is 10.3. The second kappa shape index (κ2) is 7.84. The van der Waals surface area contributed by atoms with Crippen LogP contribution in [-0.2, 0) is 14.8 Å². The van der Waals surface area contributed by atoms with Gasteiger partial charge in [-0.25, -0.2) is 18.4 Å². The SMILES string of the molecule is COc1cc(NS(=O)(=O)c2ccc(NC(=S)NC(=O)C3CC3)cc2)ncn1. The molecule has 0 unspecified atom stereocenters. The van der Waals surface area contributed by atoms with E-state index in [0.29, 0.717) is 5.69 Å². The van der Waals surface area contributed by atoms with Crippen molar-refractivity contribution in [2.75, 3.05) is 17.1 Å². The molecule has 0 bridgehead atoms. The molecule has 142 valence electrons. The average molecular weight is 407 g/mol. The summed E-state index contributed by atoms with van der Waals surface area (Å²) in [6.45, 7) is 0. The first-order valence-electron chi connectivity index (χ1n) is 7.98. The number of amides is 1. The number of ether oxygens (including phenoxy) is 1. The molecule has 2 aromatic rings. The van der Waals surface area contributed by atoms with Crippen LogP contribution in [0.25, 0.3) is 0 Å². The van der Waals surface area contributed by atoms with E-state index in [9.17, 15) is 13.2 Å². The van der Waals surface area contributed by atoms with E-state index >= 15 is 0 Å². The zero-order valence-corrected chi connectivity index (χ0v) is 15.9. The molecule has 0 atom stereocenters. The first-order chi connectivity index (χ1) is 12.9. The molecule has 11 heteroatoms. The summed E-state index contributed by atoms with van der Waals surface area (Å²) in [7, 11) is -2.41. The van der Waals surface area contributed by atoms with Gasteiger partial charge in [-0.3, -0.25) is 9.52 Å². The summed E-state index contributed by atoms with van der Waals surface area (Å²) in [5.74, 6) is 0.275. The van der Waals surface area contributed by atoms with Crippen LogP contribution in [0.15, 0.2) is 41.6 Å². The van der Waals surface area contributed by atoms with Crippen LogP contribution in [0.4, 0.5) is 11.5 Å². The molecule has 1 aliphatic rings. The second-order valence-electron chi connectivity index (χ2n) is 5.79. The van der Waals surface area contributed by atoms with Gasteiger partial charge in [-0.15, -0.1) is 0 Å². The number of carbonyl (C=O) groups is 1. The molecule has 1 heterocycles. The summed E-state index contributed by atoms with van der Waals surface area (Å²) in [5.41, 5.74) is 0.554. The number of hydrogen-bond donors (Lipinski definition) is 3. The van der Waals surface area contributed by atoms with E-state index in [0.717, 1.165) is 12.8 Å². The third-order valence-electron chi connectivity index (χ3n) is 3.70. The molecule has 1 aromatic heterocycles. The number of carbonyl (C=O) groups excluding carboxylic acids is 1. The summed E-state index contributed by atoms with van der Waals surface area (Å²) in [6, 6.07) is 7.28. The van der Waals surface area contributed by atoms with Gasteiger partial charge in [0.15, 0.2) is 5.11 Å². The summed E-state index contributed by atoms with van der Waals surface area (Å²) in [5, 5.41) is 5.62. The number of aromatic nitrogens is 2. The zero-order chi connectivity index (χ0) is 19.4. The largest absolute Gasteiger partial charge is 0.481 e. The van der Waals surface area contributed by atoms with Gasteiger partial charge in [-0.1, -0.05) is 0 Å². The van der Waals surface area contributed by atoms with E-state index in [1.54, 1.807) is 12.1 Å². The van der Waals surface area contributed by atoms with Gasteiger partial charge in [0.25, 0.3) is 10.0 Å². The van der Waals surface area contributed by atoms with E-state index in [-0.39, 0.29) is 33.5 Å². The maximum absolute atomic E-state index is 12.4. The average Bonchev–Trinajstić information content (AvgIpc) is 3.47. The van der Waals surface area contributed by atoms with Crippen molar-refractivity contribution in [3.05, 3.63) is 36.7 Å². The van der Waals surface area contributed by atoms with Gasteiger partial charge in [0.05, 0.1) is 12.0 Å². The molecule has 1 saturated carbocycles. The topological polar surface area (TPSA) is 122 Å². The number of methoxy groups -OCH3 is 1. The summed E-state index contributed by atoms with van der Waals surface area (Å²) >= 11 is 5.08. The van der Waals surface area contributed by atoms with Gasteiger partial charge in [0.2, 0.25) is 11.8 Å². The predicted octanol–water partition coefficient (Wildman–Crippen LogP) is 1.51. The van der Waals surface area contributed by atoms with E-state index in [4.69, 9.17) is 17.0 Å². The Kier molecular flexibility index (Phi) is 5.51. The molecule has 1 aliphatic carbocycles. The maximum atomic E-state index is 12.4. The second-order valence-corrected chi connectivity index (χ2v) is 7.88. The maximum Gasteiger partial charge on any atom is 0.263 e. The minimum atomic E-state index is -3.83. The fourth-order valence-corrected chi connectivity index (χ4v) is 3.36. The van der Waals surface area contributed by atoms with Crippen LogP contribution in [0.3, 0.4) is 0 Å². The highest BCUT2D eigenvalue weighted by Crippen LogP contribution is 2.28. The Hall–Kier alpha value is -2.79. The molecule has 0 radical (unpaired) electrons. The number of nitrogens with zero attached hydrogens (tertiary/aromatic N) is 2. The minimum absolute atomic E-state index is 0.0403. The van der Waals surface area contributed by atoms with Gasteiger partial charge >= 0.3 is 0 Å². The number of sulfonamides is 1. The van der Waals surface area contributed by atoms with Crippen molar-refractivity contribution in [2.24, 2.45) is 5.92 Å². The van der Waals surface area contributed by atoms with Crippen molar-refractivity contribution in [1.29, 1.82) is 0 Å². The van der Waals surface area contributed by atoms with Crippen molar-refractivity contribution in [2.45, 2.75) is 17.7 Å². The Balaban J connectivity index is 1.64. The Morgan fingerprint density at radius 1 is 1.22 bits per heavy atom. The molecule has 1 aromatic carbocycles. The molecule has 1 amide bonds. The quantitative estimate of drug-likeness (QED) is 0.616. The fourth-order valence-electron chi connectivity index (χ4n) is 2.14. The number of rotatable bonds is 6. The molecule has 1 fully saturated rings. The fraction of sp³-hybridized carbons (Fsp3) is 0.250. The van der Waals surface area contributed by atoms with E-state index in [1.807, 2.05) is 0 Å². The van der Waals surface area contributed by atoms with Gasteiger partial charge in [0.1, 0.15) is 12.1 Å². The molecule has 27 heavy (non-hydrogen) atoms. The van der Waals surface area contributed by atoms with Crippen molar-refractivity contribution in [3.63, 3.8) is 0 Å². The monoisotopic (exact) mass is 407 g/mol. The molecule has 0 aliphatic heterocycles. The van der Waals surface area contributed by atoms with Crippen molar-refractivity contribution < 1.29 is 17.9 Å². The molecular formula is C16H17N5O4S2. The highest BCUT2D eigenvalue weighted by Gasteiger charge is 2.30. The van der Waals surface area contributed by atoms with Crippen molar-refractivity contribution >= 4 is 44.8 Å². The molecule has 0 saturated heterocycles. The smallest absolute Gasteiger partial charge is 0.263 e. The standard InChI is InChI=1S/C16H17N5O4S2/c1-25-14-8-13(17-9-18-14)21-27(23,24)12-6-4-11(5-7-12)19-16(26)20-15(22)10-2-3-10/h4-10H,2-3H2,1H3,(H,17,18,21)(H2,19,20,22,26). The van der Waals surface area contributed by atoms with Crippen LogP contribution in [0.5, 0.6) is 5.88 Å². The Morgan fingerprint density at radius 3 is 2.56 bits per heavy atom. The van der Waals surface area contributed by atoms with Gasteiger partial charge in [-0.05, 0) is 49.3 Å². The van der Waals surface area contributed by atoms with Crippen LogP contribution in [-0.4, -0.2) is 36.5 Å². The van der Waals surface area contributed by atoms with E-state index in [2.05, 4.69) is 25.3 Å². The van der Waals surface area contributed by atoms with Crippen molar-refractivity contribution in [3.8, 4) is 5.88 Å². The van der Waals surface area contributed by atoms with E-state index < -0.39 is 10.0 Å². The molecule has 3 N–H and O–H groups in total. The Bertz CT molecular complexity index is 959. The van der Waals surface area contributed by atoms with Crippen LogP contribution in [0.1, 0.15) is 12.8 Å². The van der Waals surface area contributed by atoms with Crippen LogP contribution < -0.4 is 20.1 Å². The summed E-state index contributed by atoms with van der Waals surface area (Å²) in [6.07, 6.45) is 2.96. The predicted molar refractivity (Wildman–Crippen MR) is 103 cm³/mol. The zero-order valence-electron chi connectivity index (χ0n) is 14.3. The van der Waals surface area contributed by atoms with Crippen molar-refractivity contribution in [1.82, 2.24) is 15.3 Å². The van der Waals surface area contributed by atoms with E-state index in [1.165, 1.54) is 31.6 Å². The van der Waals surface area contributed by atoms with Crippen LogP contribution >= 0.6 is 12.2 Å². The lowest BCUT2D eigenvalue weighted by molar-refractivity contribution is -0.120. The third-order valence-corrected chi connectivity index (χ3v) is 5.27. The number of benzene rings is 1. The lowest BCUT2D eigenvalue weighted by Crippen LogP contribution is -2.35. The van der Waals surface area contributed by atoms with Gasteiger partial charge in [-0.2, -0.15) is 0 Å². The minimum Gasteiger partial charge on any atom is -0.481 e. The molecule has 0 spiro atoms. The number of anilines is 2. The molecular weight excluding hydrogens is 390 g/mol. The Morgan fingerprint density at radius 2 is 1.93 bits per heavy atom. The first kappa shape index (κ1) is 19.0. The summed E-state index contributed by atoms with van der Waals surface area (Å²) in [4.78, 5) is 19.4. The molecule has 9 nitrogen and oxygen atoms in total. The number of hydrogen-bond acceptors (Lipinski definition) is 7. The highest BCUT2D eigenvalue weighted by molar-refractivity contribution is 7.92. The first-order valence-corrected chi connectivity index (χ1v) is 9.87. The van der Waals surface area contributed by atoms with Crippen LogP contribution in [0, 0.1) is 5.92 Å². The number of nitrogens with one attached hydrogen (secondary N) is 3. The highest BCUT2D eigenvalue weighted by atomic mass is 32.2. The normalized spacial score (nSPS) is 13.5. The summed E-state index contributed by atoms with van der Waals surface area (Å²) < 4.78 is 32.2. The molecule has 3 rings (SSSR count). The van der Waals surface area contributed by atoms with Gasteiger partial charge < -0.3 is 15.4 Å². The van der Waals surface area contributed by atoms with Crippen LogP contribution in [0.2, 0.25) is 0 Å². The third kappa shape index (κ3) is 5.11. The van der Waals surface area contributed by atoms with Gasteiger partial charge in [0, 0.05) is 17.7 Å². The Labute approximate surface area is 161 Å².